The number of amides is 1. The summed E-state index contributed by atoms with van der Waals surface area (Å²) in [6.45, 7) is 6.42. The van der Waals surface area contributed by atoms with Crippen molar-refractivity contribution >= 4 is 11.8 Å². The summed E-state index contributed by atoms with van der Waals surface area (Å²) in [5.41, 5.74) is 5.86. The van der Waals surface area contributed by atoms with Gasteiger partial charge in [0.25, 0.3) is 5.56 Å². The Morgan fingerprint density at radius 2 is 2.00 bits per heavy atom. The molecule has 1 amide bonds. The SMILES string of the molecule is CC(C)(C)OC(=O)N1CCCCC1CCc1ccc(Oc2nc[nH]c(=O)c2N)cc1. The molecule has 8 nitrogen and oxygen atoms in total. The number of nitrogen functional groups attached to an aromatic ring is 1. The second kappa shape index (κ2) is 9.19. The first-order chi connectivity index (χ1) is 14.2. The van der Waals surface area contributed by atoms with Gasteiger partial charge < -0.3 is 25.1 Å². The fourth-order valence-electron chi connectivity index (χ4n) is 3.51. The maximum Gasteiger partial charge on any atom is 0.410 e. The average molecular weight is 415 g/mol. The number of nitrogens with one attached hydrogen (secondary N) is 1. The Balaban J connectivity index is 1.59. The molecule has 0 saturated carbocycles. The monoisotopic (exact) mass is 414 g/mol. The minimum atomic E-state index is -0.489. The molecule has 1 unspecified atom stereocenters. The number of aryl methyl sites for hydroxylation is 1. The molecule has 1 aliphatic rings. The molecule has 162 valence electrons. The molecule has 0 bridgehead atoms. The van der Waals surface area contributed by atoms with Gasteiger partial charge >= 0.3 is 6.09 Å². The van der Waals surface area contributed by atoms with E-state index in [4.69, 9.17) is 15.2 Å². The lowest BCUT2D eigenvalue weighted by Gasteiger charge is -2.37. The van der Waals surface area contributed by atoms with Crippen LogP contribution in [0, 0.1) is 0 Å². The van der Waals surface area contributed by atoms with Crippen LogP contribution < -0.4 is 16.0 Å². The third-order valence-corrected chi connectivity index (χ3v) is 5.01. The van der Waals surface area contributed by atoms with Gasteiger partial charge in [0.15, 0.2) is 5.69 Å². The number of nitrogens with two attached hydrogens (primary N) is 1. The minimum Gasteiger partial charge on any atom is -0.444 e. The maximum absolute atomic E-state index is 12.6. The van der Waals surface area contributed by atoms with Crippen molar-refractivity contribution in [3.8, 4) is 11.6 Å². The van der Waals surface area contributed by atoms with Gasteiger partial charge in [-0.15, -0.1) is 0 Å². The summed E-state index contributed by atoms with van der Waals surface area (Å²) in [4.78, 5) is 32.3. The summed E-state index contributed by atoms with van der Waals surface area (Å²) < 4.78 is 11.2. The van der Waals surface area contributed by atoms with E-state index in [2.05, 4.69) is 9.97 Å². The zero-order valence-electron chi connectivity index (χ0n) is 17.8. The van der Waals surface area contributed by atoms with Crippen LogP contribution in [0.25, 0.3) is 0 Å². The van der Waals surface area contributed by atoms with Gasteiger partial charge in [-0.1, -0.05) is 12.1 Å². The number of anilines is 1. The Kier molecular flexibility index (Phi) is 6.64. The van der Waals surface area contributed by atoms with Gasteiger partial charge in [-0.25, -0.2) is 9.78 Å². The number of ether oxygens (including phenoxy) is 2. The first-order valence-corrected chi connectivity index (χ1v) is 10.3. The lowest BCUT2D eigenvalue weighted by molar-refractivity contribution is 0.00891. The molecular weight excluding hydrogens is 384 g/mol. The van der Waals surface area contributed by atoms with Crippen molar-refractivity contribution < 1.29 is 14.3 Å². The summed E-state index contributed by atoms with van der Waals surface area (Å²) in [5.74, 6) is 0.637. The zero-order valence-corrected chi connectivity index (χ0v) is 17.8. The summed E-state index contributed by atoms with van der Waals surface area (Å²) >= 11 is 0. The molecule has 1 aliphatic heterocycles. The minimum absolute atomic E-state index is 0.0545. The quantitative estimate of drug-likeness (QED) is 0.768. The van der Waals surface area contributed by atoms with E-state index in [0.717, 1.165) is 44.2 Å². The van der Waals surface area contributed by atoms with E-state index in [1.54, 1.807) is 0 Å². The second-order valence-corrected chi connectivity index (χ2v) is 8.56. The number of rotatable bonds is 5. The van der Waals surface area contributed by atoms with E-state index < -0.39 is 11.2 Å². The molecule has 0 spiro atoms. The van der Waals surface area contributed by atoms with Crippen LogP contribution in [0.1, 0.15) is 52.0 Å². The number of hydrogen-bond acceptors (Lipinski definition) is 6. The number of benzene rings is 1. The number of aromatic amines is 1. The maximum atomic E-state index is 12.6. The number of carbonyl (C=O) groups is 1. The lowest BCUT2D eigenvalue weighted by Crippen LogP contribution is -2.46. The molecule has 1 aromatic carbocycles. The Bertz CT molecular complexity index is 918. The van der Waals surface area contributed by atoms with Crippen molar-refractivity contribution in [1.29, 1.82) is 0 Å². The lowest BCUT2D eigenvalue weighted by atomic mass is 9.96. The first-order valence-electron chi connectivity index (χ1n) is 10.3. The van der Waals surface area contributed by atoms with Gasteiger partial charge in [0.05, 0.1) is 6.33 Å². The highest BCUT2D eigenvalue weighted by Crippen LogP contribution is 2.26. The molecule has 2 heterocycles. The topological polar surface area (TPSA) is 111 Å². The van der Waals surface area contributed by atoms with Crippen molar-refractivity contribution in [3.63, 3.8) is 0 Å². The number of H-pyrrole nitrogens is 1. The molecule has 0 aliphatic carbocycles. The number of likely N-dealkylation sites (tertiary alicyclic amines) is 1. The molecular formula is C22H30N4O4. The smallest absolute Gasteiger partial charge is 0.410 e. The third kappa shape index (κ3) is 5.75. The van der Waals surface area contributed by atoms with Crippen molar-refractivity contribution in [2.75, 3.05) is 12.3 Å². The fourth-order valence-corrected chi connectivity index (χ4v) is 3.51. The zero-order chi connectivity index (χ0) is 21.7. The highest BCUT2D eigenvalue weighted by molar-refractivity contribution is 5.68. The van der Waals surface area contributed by atoms with Gasteiger partial charge in [0, 0.05) is 12.6 Å². The van der Waals surface area contributed by atoms with E-state index in [9.17, 15) is 9.59 Å². The molecule has 1 aromatic heterocycles. The molecule has 3 N–H and O–H groups in total. The van der Waals surface area contributed by atoms with Crippen LogP contribution in [0.2, 0.25) is 0 Å². The Morgan fingerprint density at radius 1 is 1.27 bits per heavy atom. The largest absolute Gasteiger partial charge is 0.444 e. The predicted molar refractivity (Wildman–Crippen MR) is 115 cm³/mol. The van der Waals surface area contributed by atoms with E-state index in [-0.39, 0.29) is 23.7 Å². The van der Waals surface area contributed by atoms with Crippen molar-refractivity contribution in [1.82, 2.24) is 14.9 Å². The highest BCUT2D eigenvalue weighted by Gasteiger charge is 2.30. The van der Waals surface area contributed by atoms with Crippen molar-refractivity contribution in [2.24, 2.45) is 0 Å². The van der Waals surface area contributed by atoms with Crippen LogP contribution >= 0.6 is 0 Å². The van der Waals surface area contributed by atoms with Gasteiger partial charge in [-0.3, -0.25) is 4.79 Å². The molecule has 8 heteroatoms. The Labute approximate surface area is 176 Å². The van der Waals surface area contributed by atoms with Crippen molar-refractivity contribution in [3.05, 3.63) is 46.5 Å². The van der Waals surface area contributed by atoms with Crippen LogP contribution in [0.4, 0.5) is 10.5 Å². The van der Waals surface area contributed by atoms with Crippen LogP contribution in [-0.4, -0.2) is 39.1 Å². The summed E-state index contributed by atoms with van der Waals surface area (Å²) in [5, 5.41) is 0. The number of nitrogens with zero attached hydrogens (tertiary/aromatic N) is 2. The van der Waals surface area contributed by atoms with Gasteiger partial charge in [0.1, 0.15) is 11.4 Å². The Hall–Kier alpha value is -3.03. The van der Waals surface area contributed by atoms with E-state index in [1.165, 1.54) is 6.33 Å². The number of hydrogen-bond donors (Lipinski definition) is 2. The third-order valence-electron chi connectivity index (χ3n) is 5.01. The molecule has 30 heavy (non-hydrogen) atoms. The molecule has 1 saturated heterocycles. The molecule has 1 atom stereocenters. The van der Waals surface area contributed by atoms with Crippen LogP contribution in [0.5, 0.6) is 11.6 Å². The molecule has 1 fully saturated rings. The molecule has 0 radical (unpaired) electrons. The van der Waals surface area contributed by atoms with E-state index in [0.29, 0.717) is 5.75 Å². The van der Waals surface area contributed by atoms with Gasteiger partial charge in [-0.2, -0.15) is 0 Å². The first kappa shape index (κ1) is 21.7. The highest BCUT2D eigenvalue weighted by atomic mass is 16.6. The number of piperidine rings is 1. The predicted octanol–water partition coefficient (Wildman–Crippen LogP) is 3.87. The van der Waals surface area contributed by atoms with E-state index in [1.807, 2.05) is 49.9 Å². The number of aromatic nitrogens is 2. The van der Waals surface area contributed by atoms with Gasteiger partial charge in [-0.05, 0) is 70.6 Å². The van der Waals surface area contributed by atoms with Crippen molar-refractivity contribution in [2.45, 2.75) is 64.5 Å². The van der Waals surface area contributed by atoms with Crippen LogP contribution in [-0.2, 0) is 11.2 Å². The fraction of sp³-hybridized carbons (Fsp3) is 0.500. The van der Waals surface area contributed by atoms with Crippen LogP contribution in [0.15, 0.2) is 35.4 Å². The standard InChI is InChI=1S/C22H30N4O4/c1-22(2,3)30-21(28)26-13-5-4-6-16(26)10-7-15-8-11-17(12-9-15)29-20-18(23)19(27)24-14-25-20/h8-9,11-12,14,16H,4-7,10,13,23H2,1-3H3,(H,24,25,27). The van der Waals surface area contributed by atoms with E-state index >= 15 is 0 Å². The summed E-state index contributed by atoms with van der Waals surface area (Å²) in [6, 6.07) is 7.78. The summed E-state index contributed by atoms with van der Waals surface area (Å²) in [7, 11) is 0. The molecule has 3 rings (SSSR count). The van der Waals surface area contributed by atoms with Gasteiger partial charge in [0.2, 0.25) is 5.88 Å². The number of carbonyl (C=O) groups excluding carboxylic acids is 1. The Morgan fingerprint density at radius 3 is 2.70 bits per heavy atom. The normalized spacial score (nSPS) is 16.9. The molecule has 2 aromatic rings. The van der Waals surface area contributed by atoms with Crippen LogP contribution in [0.3, 0.4) is 0 Å². The summed E-state index contributed by atoms with van der Waals surface area (Å²) in [6.07, 6.45) is 5.89. The average Bonchev–Trinajstić information content (AvgIpc) is 2.70. The second-order valence-electron chi connectivity index (χ2n) is 8.56.